The summed E-state index contributed by atoms with van der Waals surface area (Å²) in [7, 11) is 0. The van der Waals surface area contributed by atoms with Crippen LogP contribution in [-0.4, -0.2) is 22.9 Å². The van der Waals surface area contributed by atoms with Crippen molar-refractivity contribution >= 4 is 12.4 Å². The first-order valence-electron chi connectivity index (χ1n) is 6.00. The van der Waals surface area contributed by atoms with E-state index in [0.29, 0.717) is 5.92 Å². The number of halogens is 1. The normalized spacial score (nSPS) is 35.1. The van der Waals surface area contributed by atoms with Gasteiger partial charge in [-0.15, -0.1) is 12.4 Å². The van der Waals surface area contributed by atoms with Crippen LogP contribution < -0.4 is 5.32 Å². The molecule has 3 nitrogen and oxygen atoms in total. The lowest BCUT2D eigenvalue weighted by molar-refractivity contribution is 0.0950. The van der Waals surface area contributed by atoms with Crippen molar-refractivity contribution in [1.29, 1.82) is 0 Å². The van der Waals surface area contributed by atoms with E-state index in [1.807, 2.05) is 6.08 Å². The van der Waals surface area contributed by atoms with Crippen LogP contribution in [0.5, 0.6) is 0 Å². The molecule has 0 aromatic rings. The minimum absolute atomic E-state index is 0. The molecule has 1 fully saturated rings. The van der Waals surface area contributed by atoms with E-state index in [4.69, 9.17) is 0 Å². The van der Waals surface area contributed by atoms with Crippen LogP contribution in [0.15, 0.2) is 35.3 Å². The molecule has 1 saturated heterocycles. The summed E-state index contributed by atoms with van der Waals surface area (Å²) in [5.74, 6) is 0.726. The molecule has 3 atom stereocenters. The number of hydrogen-bond acceptors (Lipinski definition) is 3. The Morgan fingerprint density at radius 3 is 2.94 bits per heavy atom. The van der Waals surface area contributed by atoms with Gasteiger partial charge < -0.3 is 15.5 Å². The molecule has 0 saturated carbocycles. The van der Waals surface area contributed by atoms with E-state index in [2.05, 4.69) is 11.4 Å². The number of aliphatic hydroxyl groups is 2. The quantitative estimate of drug-likeness (QED) is 0.621. The van der Waals surface area contributed by atoms with Gasteiger partial charge in [0.1, 0.15) is 11.9 Å². The zero-order valence-corrected chi connectivity index (χ0v) is 10.4. The molecule has 2 aliphatic carbocycles. The van der Waals surface area contributed by atoms with E-state index in [1.165, 1.54) is 18.5 Å². The number of nitrogens with one attached hydrogen (secondary N) is 1. The van der Waals surface area contributed by atoms with Crippen molar-refractivity contribution in [2.75, 3.05) is 6.54 Å². The van der Waals surface area contributed by atoms with Gasteiger partial charge in [0.2, 0.25) is 0 Å². The van der Waals surface area contributed by atoms with Crippen molar-refractivity contribution in [2.24, 2.45) is 11.8 Å². The van der Waals surface area contributed by atoms with E-state index >= 15 is 0 Å². The highest BCUT2D eigenvalue weighted by atomic mass is 35.5. The second kappa shape index (κ2) is 4.75. The second-order valence-electron chi connectivity index (χ2n) is 4.91. The molecule has 0 spiro atoms. The van der Waals surface area contributed by atoms with E-state index in [9.17, 15) is 10.2 Å². The predicted octanol–water partition coefficient (Wildman–Crippen LogP) is 2.05. The van der Waals surface area contributed by atoms with Crippen molar-refractivity contribution in [3.05, 3.63) is 35.3 Å². The van der Waals surface area contributed by atoms with Crippen molar-refractivity contribution in [2.45, 2.75) is 25.4 Å². The first-order valence-corrected chi connectivity index (χ1v) is 6.00. The highest BCUT2D eigenvalue weighted by molar-refractivity contribution is 5.85. The van der Waals surface area contributed by atoms with Crippen molar-refractivity contribution in [3.8, 4) is 0 Å². The molecule has 0 bridgehead atoms. The molecule has 0 aromatic heterocycles. The van der Waals surface area contributed by atoms with Gasteiger partial charge in [0, 0.05) is 18.2 Å². The number of aliphatic hydroxyl groups excluding tert-OH is 2. The number of piperidine rings is 1. The lowest BCUT2D eigenvalue weighted by atomic mass is 9.73. The number of allylic oxidation sites excluding steroid dienone is 4. The van der Waals surface area contributed by atoms with Crippen LogP contribution in [0.1, 0.15) is 19.3 Å². The van der Waals surface area contributed by atoms with Gasteiger partial charge in [-0.05, 0) is 42.9 Å². The van der Waals surface area contributed by atoms with Crippen molar-refractivity contribution in [3.63, 3.8) is 0 Å². The Hall–Kier alpha value is -0.930. The van der Waals surface area contributed by atoms with Gasteiger partial charge in [-0.25, -0.2) is 0 Å². The molecule has 94 valence electrons. The minimum atomic E-state index is -0.709. The summed E-state index contributed by atoms with van der Waals surface area (Å²) in [5.41, 5.74) is 2.46. The Morgan fingerprint density at radius 2 is 2.12 bits per heavy atom. The molecule has 4 heteroatoms. The van der Waals surface area contributed by atoms with Gasteiger partial charge in [0.05, 0.1) is 0 Å². The van der Waals surface area contributed by atoms with Crippen LogP contribution in [0.25, 0.3) is 0 Å². The first kappa shape index (κ1) is 12.5. The number of rotatable bonds is 0. The molecule has 1 heterocycles. The summed E-state index contributed by atoms with van der Waals surface area (Å²) in [4.78, 5) is 0. The fourth-order valence-corrected chi connectivity index (χ4v) is 2.99. The highest BCUT2D eigenvalue weighted by Crippen LogP contribution is 2.40. The van der Waals surface area contributed by atoms with Gasteiger partial charge >= 0.3 is 0 Å². The van der Waals surface area contributed by atoms with Crippen LogP contribution in [-0.2, 0) is 0 Å². The van der Waals surface area contributed by atoms with Gasteiger partial charge in [0.25, 0.3) is 0 Å². The molecule has 1 aliphatic heterocycles. The predicted molar refractivity (Wildman–Crippen MR) is 69.0 cm³/mol. The van der Waals surface area contributed by atoms with Crippen LogP contribution in [0.3, 0.4) is 0 Å². The molecule has 0 radical (unpaired) electrons. The molecule has 3 aliphatic rings. The Labute approximate surface area is 107 Å². The molecule has 3 rings (SSSR count). The van der Waals surface area contributed by atoms with Crippen LogP contribution in [0.4, 0.5) is 0 Å². The first-order chi connectivity index (χ1) is 7.75. The molecular formula is C13H18ClNO2. The zero-order chi connectivity index (χ0) is 11.1. The molecule has 3 unspecified atom stereocenters. The monoisotopic (exact) mass is 255 g/mol. The maximum atomic E-state index is 9.95. The van der Waals surface area contributed by atoms with Crippen LogP contribution >= 0.6 is 12.4 Å². The zero-order valence-electron chi connectivity index (χ0n) is 9.60. The average molecular weight is 256 g/mol. The van der Waals surface area contributed by atoms with Gasteiger partial charge in [-0.2, -0.15) is 0 Å². The fourth-order valence-electron chi connectivity index (χ4n) is 2.99. The molecule has 0 aromatic carbocycles. The maximum absolute atomic E-state index is 9.95. The third kappa shape index (κ3) is 2.09. The smallest absolute Gasteiger partial charge is 0.121 e. The summed E-state index contributed by atoms with van der Waals surface area (Å²) in [6, 6.07) is 0. The molecule has 3 N–H and O–H groups in total. The average Bonchev–Trinajstić information content (AvgIpc) is 2.32. The Morgan fingerprint density at radius 1 is 1.29 bits per heavy atom. The minimum Gasteiger partial charge on any atom is -0.510 e. The molecular weight excluding hydrogens is 238 g/mol. The van der Waals surface area contributed by atoms with Crippen LogP contribution in [0, 0.1) is 11.8 Å². The van der Waals surface area contributed by atoms with E-state index in [1.54, 1.807) is 6.08 Å². The van der Waals surface area contributed by atoms with E-state index in [0.717, 1.165) is 18.5 Å². The van der Waals surface area contributed by atoms with Crippen molar-refractivity contribution < 1.29 is 10.2 Å². The topological polar surface area (TPSA) is 52.5 Å². The third-order valence-corrected chi connectivity index (χ3v) is 3.92. The van der Waals surface area contributed by atoms with E-state index < -0.39 is 6.10 Å². The SMILES string of the molecule is Cl.OC1=CC=C2C=C3NCCCC3CC2C1O. The molecule has 0 amide bonds. The largest absolute Gasteiger partial charge is 0.510 e. The third-order valence-electron chi connectivity index (χ3n) is 3.92. The Bertz CT molecular complexity index is 400. The maximum Gasteiger partial charge on any atom is 0.121 e. The Kier molecular flexibility index (Phi) is 3.50. The van der Waals surface area contributed by atoms with E-state index in [-0.39, 0.29) is 24.1 Å². The van der Waals surface area contributed by atoms with Crippen LogP contribution in [0.2, 0.25) is 0 Å². The summed E-state index contributed by atoms with van der Waals surface area (Å²) in [6.07, 6.45) is 8.32. The number of fused-ring (bicyclic) bond motifs is 2. The van der Waals surface area contributed by atoms with Crippen molar-refractivity contribution in [1.82, 2.24) is 5.32 Å². The lowest BCUT2D eigenvalue weighted by Gasteiger charge is -2.38. The molecule has 17 heavy (non-hydrogen) atoms. The van der Waals surface area contributed by atoms with Gasteiger partial charge in [0.15, 0.2) is 0 Å². The summed E-state index contributed by atoms with van der Waals surface area (Å²) >= 11 is 0. The summed E-state index contributed by atoms with van der Waals surface area (Å²) < 4.78 is 0. The Balaban J connectivity index is 0.00000108. The highest BCUT2D eigenvalue weighted by Gasteiger charge is 2.35. The number of hydrogen-bond donors (Lipinski definition) is 3. The lowest BCUT2D eigenvalue weighted by Crippen LogP contribution is -2.37. The van der Waals surface area contributed by atoms with Gasteiger partial charge in [-0.1, -0.05) is 6.08 Å². The standard InChI is InChI=1S/C13H17NO2.ClH/c15-12-4-3-8-7-11-9(2-1-5-14-11)6-10(8)13(12)16;/h3-4,7,9-10,13-16H,1-2,5-6H2;1H. The summed E-state index contributed by atoms with van der Waals surface area (Å²) in [5, 5.41) is 22.9. The second-order valence-corrected chi connectivity index (χ2v) is 4.91. The summed E-state index contributed by atoms with van der Waals surface area (Å²) in [6.45, 7) is 1.06. The van der Waals surface area contributed by atoms with Gasteiger partial charge in [-0.3, -0.25) is 0 Å². The fraction of sp³-hybridized carbons (Fsp3) is 0.538.